The maximum atomic E-state index is 11.4. The van der Waals surface area contributed by atoms with Crippen molar-refractivity contribution in [2.75, 3.05) is 0 Å². The zero-order valence-corrected chi connectivity index (χ0v) is 17.1. The van der Waals surface area contributed by atoms with Gasteiger partial charge in [-0.15, -0.1) is 0 Å². The van der Waals surface area contributed by atoms with E-state index in [0.29, 0.717) is 24.4 Å². The predicted octanol–water partition coefficient (Wildman–Crippen LogP) is 4.40. The van der Waals surface area contributed by atoms with Gasteiger partial charge >= 0.3 is 5.97 Å². The van der Waals surface area contributed by atoms with Gasteiger partial charge in [-0.2, -0.15) is 0 Å². The largest absolute Gasteiger partial charge is 0.460 e. The van der Waals surface area contributed by atoms with Crippen LogP contribution in [-0.2, 0) is 14.3 Å². The summed E-state index contributed by atoms with van der Waals surface area (Å²) in [6, 6.07) is 0. The number of carbonyl (C=O) groups excluding carboxylic acids is 1. The van der Waals surface area contributed by atoms with Crippen molar-refractivity contribution in [3.8, 4) is 0 Å². The highest BCUT2D eigenvalue weighted by molar-refractivity contribution is 5.66. The number of allylic oxidation sites excluding steroid dienone is 1. The molecule has 2 saturated carbocycles. The number of epoxide rings is 1. The average molecular weight is 365 g/mol. The van der Waals surface area contributed by atoms with Gasteiger partial charge in [-0.3, -0.25) is 4.79 Å². The second-order valence-corrected chi connectivity index (χ2v) is 10.0. The van der Waals surface area contributed by atoms with Gasteiger partial charge in [0.25, 0.3) is 0 Å². The van der Waals surface area contributed by atoms with Crippen molar-refractivity contribution in [3.63, 3.8) is 0 Å². The molecule has 148 valence electrons. The van der Waals surface area contributed by atoms with Crippen LogP contribution in [-0.4, -0.2) is 34.5 Å². The summed E-state index contributed by atoms with van der Waals surface area (Å²) in [6.45, 7) is 13.9. The summed E-state index contributed by atoms with van der Waals surface area (Å²) in [5.74, 6) is 0.916. The zero-order valence-electron chi connectivity index (χ0n) is 17.1. The molecule has 26 heavy (non-hydrogen) atoms. The minimum Gasteiger partial charge on any atom is -0.460 e. The number of aliphatic hydroxyl groups is 1. The molecule has 1 aliphatic heterocycles. The SMILES string of the molecule is C=C1CCC2OC2(C)CCC2C1CC2(C)CCC(OC(C)=O)C(C)(C)O. The Hall–Kier alpha value is -0.870. The molecule has 2 aliphatic carbocycles. The van der Waals surface area contributed by atoms with E-state index >= 15 is 0 Å². The maximum absolute atomic E-state index is 11.4. The van der Waals surface area contributed by atoms with Gasteiger partial charge in [0, 0.05) is 6.92 Å². The summed E-state index contributed by atoms with van der Waals surface area (Å²) in [5.41, 5.74) is 0.683. The molecule has 1 N–H and O–H groups in total. The third-order valence-electron chi connectivity index (χ3n) is 7.38. The third-order valence-corrected chi connectivity index (χ3v) is 7.38. The molecule has 0 aromatic carbocycles. The first-order valence-corrected chi connectivity index (χ1v) is 10.2. The molecule has 0 bridgehead atoms. The number of hydrogen-bond acceptors (Lipinski definition) is 4. The van der Waals surface area contributed by atoms with Crippen LogP contribution in [0.2, 0.25) is 0 Å². The predicted molar refractivity (Wildman–Crippen MR) is 102 cm³/mol. The molecule has 4 heteroatoms. The van der Waals surface area contributed by atoms with Crippen molar-refractivity contribution >= 4 is 5.97 Å². The van der Waals surface area contributed by atoms with E-state index in [1.165, 1.54) is 18.9 Å². The molecule has 6 unspecified atom stereocenters. The number of ether oxygens (including phenoxy) is 2. The van der Waals surface area contributed by atoms with Gasteiger partial charge in [-0.25, -0.2) is 0 Å². The van der Waals surface area contributed by atoms with Gasteiger partial charge in [0.15, 0.2) is 0 Å². The standard InChI is InChI=1S/C22H36O4/c1-14-7-8-19-22(6,26-19)12-9-17-16(14)13-21(17,5)11-10-18(20(3,4)24)25-15(2)23/h16-19,24H,1,7-13H2,2-6H3. The van der Waals surface area contributed by atoms with Crippen LogP contribution in [0, 0.1) is 17.3 Å². The van der Waals surface area contributed by atoms with Crippen molar-refractivity contribution in [2.24, 2.45) is 17.3 Å². The van der Waals surface area contributed by atoms with Gasteiger partial charge in [-0.05, 0) is 83.0 Å². The van der Waals surface area contributed by atoms with E-state index in [1.54, 1.807) is 13.8 Å². The lowest BCUT2D eigenvalue weighted by molar-refractivity contribution is -0.162. The van der Waals surface area contributed by atoms with Crippen molar-refractivity contribution in [1.82, 2.24) is 0 Å². The highest BCUT2D eigenvalue weighted by atomic mass is 16.6. The Labute approximate surface area is 158 Å². The molecule has 1 saturated heterocycles. The number of hydrogen-bond donors (Lipinski definition) is 1. The molecule has 3 aliphatic rings. The highest BCUT2D eigenvalue weighted by Gasteiger charge is 2.57. The van der Waals surface area contributed by atoms with E-state index in [1.807, 2.05) is 0 Å². The normalized spacial score (nSPS) is 40.8. The first-order chi connectivity index (χ1) is 11.9. The Morgan fingerprint density at radius 3 is 2.73 bits per heavy atom. The third kappa shape index (κ3) is 3.87. The van der Waals surface area contributed by atoms with Crippen molar-refractivity contribution in [1.29, 1.82) is 0 Å². The summed E-state index contributed by atoms with van der Waals surface area (Å²) in [5, 5.41) is 10.4. The van der Waals surface area contributed by atoms with Crippen LogP contribution in [0.25, 0.3) is 0 Å². The molecule has 3 rings (SSSR count). The second kappa shape index (κ2) is 6.63. The molecule has 6 atom stereocenters. The van der Waals surface area contributed by atoms with Gasteiger partial charge < -0.3 is 14.6 Å². The molecular formula is C22H36O4. The van der Waals surface area contributed by atoms with Gasteiger partial charge in [0.05, 0.1) is 17.3 Å². The molecule has 0 radical (unpaired) electrons. The zero-order chi connectivity index (χ0) is 19.3. The Bertz CT molecular complexity index is 577. The Kier molecular flexibility index (Phi) is 5.07. The minimum atomic E-state index is -1.02. The molecular weight excluding hydrogens is 328 g/mol. The minimum absolute atomic E-state index is 0.0824. The molecule has 3 fully saturated rings. The smallest absolute Gasteiger partial charge is 0.303 e. The van der Waals surface area contributed by atoms with Crippen LogP contribution in [0.5, 0.6) is 0 Å². The number of esters is 1. The van der Waals surface area contributed by atoms with E-state index < -0.39 is 11.7 Å². The van der Waals surface area contributed by atoms with E-state index in [-0.39, 0.29) is 17.0 Å². The topological polar surface area (TPSA) is 59.1 Å². The van der Waals surface area contributed by atoms with Crippen LogP contribution >= 0.6 is 0 Å². The van der Waals surface area contributed by atoms with Crippen molar-refractivity contribution in [3.05, 3.63) is 12.2 Å². The molecule has 0 spiro atoms. The van der Waals surface area contributed by atoms with Gasteiger partial charge in [0.1, 0.15) is 6.10 Å². The molecule has 1 heterocycles. The fourth-order valence-corrected chi connectivity index (χ4v) is 5.42. The lowest BCUT2D eigenvalue weighted by Crippen LogP contribution is -2.48. The van der Waals surface area contributed by atoms with Crippen LogP contribution in [0.15, 0.2) is 12.2 Å². The summed E-state index contributed by atoms with van der Waals surface area (Å²) in [4.78, 5) is 11.4. The van der Waals surface area contributed by atoms with E-state index in [9.17, 15) is 9.90 Å². The lowest BCUT2D eigenvalue weighted by Gasteiger charge is -2.55. The lowest BCUT2D eigenvalue weighted by atomic mass is 9.49. The fraction of sp³-hybridized carbons (Fsp3) is 0.864. The van der Waals surface area contributed by atoms with Crippen LogP contribution in [0.4, 0.5) is 0 Å². The first-order valence-electron chi connectivity index (χ1n) is 10.2. The summed E-state index contributed by atoms with van der Waals surface area (Å²) < 4.78 is 11.4. The Balaban J connectivity index is 1.65. The quantitative estimate of drug-likeness (QED) is 0.446. The molecule has 0 aromatic rings. The number of rotatable bonds is 5. The first kappa shape index (κ1) is 19.9. The summed E-state index contributed by atoms with van der Waals surface area (Å²) in [6.07, 6.45) is 7.29. The maximum Gasteiger partial charge on any atom is 0.303 e. The van der Waals surface area contributed by atoms with E-state index in [2.05, 4.69) is 20.4 Å². The Morgan fingerprint density at radius 2 is 2.12 bits per heavy atom. The molecule has 0 aromatic heterocycles. The van der Waals surface area contributed by atoms with Crippen LogP contribution in [0.3, 0.4) is 0 Å². The highest BCUT2D eigenvalue weighted by Crippen LogP contribution is 2.61. The Morgan fingerprint density at radius 1 is 1.42 bits per heavy atom. The fourth-order valence-electron chi connectivity index (χ4n) is 5.42. The molecule has 4 nitrogen and oxygen atoms in total. The number of carbonyl (C=O) groups is 1. The monoisotopic (exact) mass is 364 g/mol. The summed E-state index contributed by atoms with van der Waals surface area (Å²) >= 11 is 0. The number of fused-ring (bicyclic) bond motifs is 2. The van der Waals surface area contributed by atoms with Crippen molar-refractivity contribution < 1.29 is 19.4 Å². The average Bonchev–Trinajstić information content (AvgIpc) is 3.14. The second-order valence-electron chi connectivity index (χ2n) is 10.0. The van der Waals surface area contributed by atoms with Crippen molar-refractivity contribution in [2.45, 2.75) is 103 Å². The summed E-state index contributed by atoms with van der Waals surface area (Å²) in [7, 11) is 0. The van der Waals surface area contributed by atoms with Gasteiger partial charge in [-0.1, -0.05) is 19.1 Å². The van der Waals surface area contributed by atoms with Crippen LogP contribution in [0.1, 0.15) is 79.6 Å². The van der Waals surface area contributed by atoms with Crippen LogP contribution < -0.4 is 0 Å². The van der Waals surface area contributed by atoms with E-state index in [4.69, 9.17) is 9.47 Å². The van der Waals surface area contributed by atoms with E-state index in [0.717, 1.165) is 32.1 Å². The van der Waals surface area contributed by atoms with Gasteiger partial charge in [0.2, 0.25) is 0 Å². The molecule has 0 amide bonds.